The Morgan fingerprint density at radius 1 is 1.12 bits per heavy atom. The van der Waals surface area contributed by atoms with Crippen LogP contribution in [-0.2, 0) is 4.79 Å². The molecule has 0 bridgehead atoms. The summed E-state index contributed by atoms with van der Waals surface area (Å²) in [6.07, 6.45) is 0. The second kappa shape index (κ2) is 6.05. The molecule has 0 aliphatic carbocycles. The molecule has 2 heterocycles. The van der Waals surface area contributed by atoms with Gasteiger partial charge in [0.05, 0.1) is 5.69 Å². The number of fused-ring (bicyclic) bond motifs is 1. The number of hydrogen-bond acceptors (Lipinski definition) is 5. The molecule has 126 valence electrons. The van der Waals surface area contributed by atoms with Gasteiger partial charge in [0.25, 0.3) is 11.8 Å². The van der Waals surface area contributed by atoms with Crippen LogP contribution in [-0.4, -0.2) is 29.2 Å². The zero-order valence-electron chi connectivity index (χ0n) is 14.0. The molecule has 0 spiro atoms. The average molecular weight is 335 g/mol. The van der Waals surface area contributed by atoms with Crippen molar-refractivity contribution in [3.8, 4) is 28.6 Å². The summed E-state index contributed by atoms with van der Waals surface area (Å²) in [5.41, 5.74) is 3.55. The van der Waals surface area contributed by atoms with Gasteiger partial charge in [-0.3, -0.25) is 4.79 Å². The lowest BCUT2D eigenvalue weighted by Crippen LogP contribution is -2.38. The minimum absolute atomic E-state index is 0.0550. The highest BCUT2D eigenvalue weighted by Crippen LogP contribution is 2.35. The molecule has 0 fully saturated rings. The molecule has 6 nitrogen and oxygen atoms in total. The fourth-order valence-electron chi connectivity index (χ4n) is 2.84. The van der Waals surface area contributed by atoms with Crippen LogP contribution in [0.3, 0.4) is 0 Å². The van der Waals surface area contributed by atoms with Crippen molar-refractivity contribution >= 4 is 11.6 Å². The van der Waals surface area contributed by atoms with Crippen molar-refractivity contribution in [1.82, 2.24) is 10.1 Å². The van der Waals surface area contributed by atoms with Crippen LogP contribution in [0.2, 0.25) is 0 Å². The first-order chi connectivity index (χ1) is 12.2. The Kier molecular flexibility index (Phi) is 3.72. The second-order valence-electron chi connectivity index (χ2n) is 5.90. The van der Waals surface area contributed by atoms with Gasteiger partial charge in [-0.05, 0) is 44.2 Å². The third kappa shape index (κ3) is 2.76. The molecule has 0 radical (unpaired) electrons. The highest BCUT2D eigenvalue weighted by Gasteiger charge is 2.25. The summed E-state index contributed by atoms with van der Waals surface area (Å²) in [6, 6.07) is 13.5. The van der Waals surface area contributed by atoms with Gasteiger partial charge < -0.3 is 14.2 Å². The molecule has 1 aliphatic heterocycles. The third-order valence-corrected chi connectivity index (χ3v) is 4.20. The van der Waals surface area contributed by atoms with Gasteiger partial charge >= 0.3 is 0 Å². The molecule has 0 unspecified atom stereocenters. The van der Waals surface area contributed by atoms with Crippen molar-refractivity contribution in [1.29, 1.82) is 0 Å². The van der Waals surface area contributed by atoms with Gasteiger partial charge in [0.1, 0.15) is 5.75 Å². The predicted octanol–water partition coefficient (Wildman–Crippen LogP) is 3.46. The standard InChI is InChI=1S/C19H17N3O3/c1-3-22-15-10-14(8-9-16(15)24-11-17(22)23)18-20-19(25-21-18)13-6-4-12(2)5-7-13/h4-10H,3,11H2,1-2H3. The number of benzene rings is 2. The molecule has 1 aromatic heterocycles. The van der Waals surface area contributed by atoms with Crippen molar-refractivity contribution in [2.75, 3.05) is 18.1 Å². The zero-order valence-corrected chi connectivity index (χ0v) is 14.0. The van der Waals surface area contributed by atoms with Crippen LogP contribution >= 0.6 is 0 Å². The molecule has 0 saturated heterocycles. The molecule has 0 saturated carbocycles. The molecule has 25 heavy (non-hydrogen) atoms. The SMILES string of the molecule is CCN1C(=O)COc2ccc(-c3noc(-c4ccc(C)cc4)n3)cc21. The summed E-state index contributed by atoms with van der Waals surface area (Å²) in [6.45, 7) is 4.61. The third-order valence-electron chi connectivity index (χ3n) is 4.20. The van der Waals surface area contributed by atoms with Gasteiger partial charge in [-0.2, -0.15) is 4.98 Å². The zero-order chi connectivity index (χ0) is 17.4. The molecule has 3 aromatic rings. The van der Waals surface area contributed by atoms with E-state index in [1.54, 1.807) is 4.90 Å². The monoisotopic (exact) mass is 335 g/mol. The molecule has 6 heteroatoms. The molecule has 4 rings (SSSR count). The Balaban J connectivity index is 1.70. The number of hydrogen-bond donors (Lipinski definition) is 0. The quantitative estimate of drug-likeness (QED) is 0.733. The number of ether oxygens (including phenoxy) is 1. The number of carbonyl (C=O) groups is 1. The number of aryl methyl sites for hydroxylation is 1. The lowest BCUT2D eigenvalue weighted by Gasteiger charge is -2.28. The van der Waals surface area contributed by atoms with E-state index >= 15 is 0 Å². The maximum atomic E-state index is 12.0. The topological polar surface area (TPSA) is 68.5 Å². The normalized spacial score (nSPS) is 13.5. The van der Waals surface area contributed by atoms with Gasteiger partial charge in [0.2, 0.25) is 5.82 Å². The highest BCUT2D eigenvalue weighted by atomic mass is 16.5. The molecule has 1 aliphatic rings. The Bertz CT molecular complexity index is 931. The maximum Gasteiger partial charge on any atom is 0.265 e. The van der Waals surface area contributed by atoms with Gasteiger partial charge in [-0.15, -0.1) is 0 Å². The van der Waals surface area contributed by atoms with Crippen LogP contribution < -0.4 is 9.64 Å². The van der Waals surface area contributed by atoms with Crippen molar-refractivity contribution in [3.05, 3.63) is 48.0 Å². The van der Waals surface area contributed by atoms with Crippen LogP contribution in [0.25, 0.3) is 22.8 Å². The number of nitrogens with zero attached hydrogens (tertiary/aromatic N) is 3. The van der Waals surface area contributed by atoms with Crippen molar-refractivity contribution in [2.45, 2.75) is 13.8 Å². The van der Waals surface area contributed by atoms with Gasteiger partial charge in [0.15, 0.2) is 6.61 Å². The number of carbonyl (C=O) groups excluding carboxylic acids is 1. The molecular formula is C19H17N3O3. The summed E-state index contributed by atoms with van der Waals surface area (Å²) in [5, 5.41) is 4.07. The fourth-order valence-corrected chi connectivity index (χ4v) is 2.84. The van der Waals surface area contributed by atoms with Crippen LogP contribution in [0.15, 0.2) is 47.0 Å². The largest absolute Gasteiger partial charge is 0.482 e. The average Bonchev–Trinajstić information content (AvgIpc) is 3.12. The lowest BCUT2D eigenvalue weighted by molar-refractivity contribution is -0.121. The number of amides is 1. The molecule has 0 N–H and O–H groups in total. The first-order valence-corrected chi connectivity index (χ1v) is 8.14. The molecule has 0 atom stereocenters. The van der Waals surface area contributed by atoms with Crippen LogP contribution in [0.4, 0.5) is 5.69 Å². The molecular weight excluding hydrogens is 318 g/mol. The second-order valence-corrected chi connectivity index (χ2v) is 5.90. The van der Waals surface area contributed by atoms with E-state index in [2.05, 4.69) is 10.1 Å². The van der Waals surface area contributed by atoms with Crippen LogP contribution in [0.1, 0.15) is 12.5 Å². The Morgan fingerprint density at radius 2 is 1.88 bits per heavy atom. The Hall–Kier alpha value is -3.15. The Labute approximate surface area is 145 Å². The van der Waals surface area contributed by atoms with E-state index < -0.39 is 0 Å². The summed E-state index contributed by atoms with van der Waals surface area (Å²) >= 11 is 0. The maximum absolute atomic E-state index is 12.0. The van der Waals surface area contributed by atoms with E-state index in [4.69, 9.17) is 9.26 Å². The van der Waals surface area contributed by atoms with Gasteiger partial charge in [-0.1, -0.05) is 22.9 Å². The summed E-state index contributed by atoms with van der Waals surface area (Å²) in [5.74, 6) is 1.58. The highest BCUT2D eigenvalue weighted by molar-refractivity contribution is 5.98. The fraction of sp³-hybridized carbons (Fsp3) is 0.211. The summed E-state index contributed by atoms with van der Waals surface area (Å²) in [4.78, 5) is 18.2. The summed E-state index contributed by atoms with van der Waals surface area (Å²) < 4.78 is 10.9. The molecule has 1 amide bonds. The van der Waals surface area contributed by atoms with E-state index in [9.17, 15) is 4.79 Å². The Morgan fingerprint density at radius 3 is 2.64 bits per heavy atom. The van der Waals surface area contributed by atoms with Crippen LogP contribution in [0, 0.1) is 6.92 Å². The van der Waals surface area contributed by atoms with Crippen molar-refractivity contribution < 1.29 is 14.1 Å². The van der Waals surface area contributed by atoms with Crippen molar-refractivity contribution in [2.24, 2.45) is 0 Å². The summed E-state index contributed by atoms with van der Waals surface area (Å²) in [7, 11) is 0. The smallest absolute Gasteiger partial charge is 0.265 e. The van der Waals surface area contributed by atoms with E-state index in [-0.39, 0.29) is 12.5 Å². The first-order valence-electron chi connectivity index (χ1n) is 8.14. The lowest BCUT2D eigenvalue weighted by atomic mass is 10.1. The predicted molar refractivity (Wildman–Crippen MR) is 93.4 cm³/mol. The number of rotatable bonds is 3. The van der Waals surface area contributed by atoms with Gasteiger partial charge in [-0.25, -0.2) is 0 Å². The van der Waals surface area contributed by atoms with Crippen molar-refractivity contribution in [3.63, 3.8) is 0 Å². The van der Waals surface area contributed by atoms with E-state index in [1.807, 2.05) is 56.3 Å². The van der Waals surface area contributed by atoms with E-state index in [1.165, 1.54) is 5.56 Å². The number of anilines is 1. The first kappa shape index (κ1) is 15.4. The number of likely N-dealkylation sites (N-methyl/N-ethyl adjacent to an activating group) is 1. The van der Waals surface area contributed by atoms with E-state index in [0.717, 1.165) is 16.8 Å². The number of aromatic nitrogens is 2. The van der Waals surface area contributed by atoms with Gasteiger partial charge in [0, 0.05) is 17.7 Å². The van der Waals surface area contributed by atoms with Crippen LogP contribution in [0.5, 0.6) is 5.75 Å². The minimum Gasteiger partial charge on any atom is -0.482 e. The van der Waals surface area contributed by atoms with E-state index in [0.29, 0.717) is 24.0 Å². The molecule has 2 aromatic carbocycles. The minimum atomic E-state index is -0.0550.